The summed E-state index contributed by atoms with van der Waals surface area (Å²) in [6.45, 7) is 0.644. The first-order chi connectivity index (χ1) is 12.9. The Hall–Kier alpha value is -2.48. The summed E-state index contributed by atoms with van der Waals surface area (Å²) in [7, 11) is 1.56. The minimum Gasteiger partial charge on any atom is -0.496 e. The lowest BCUT2D eigenvalue weighted by Gasteiger charge is -2.14. The first kappa shape index (κ1) is 17.9. The fraction of sp³-hybridized carbons (Fsp3) is 0.211. The van der Waals surface area contributed by atoms with Crippen molar-refractivity contribution in [3.63, 3.8) is 0 Å². The third kappa shape index (κ3) is 3.07. The summed E-state index contributed by atoms with van der Waals surface area (Å²) >= 11 is 3.44. The van der Waals surface area contributed by atoms with E-state index in [0.717, 1.165) is 21.7 Å². The van der Waals surface area contributed by atoms with E-state index in [1.54, 1.807) is 19.2 Å². The molecule has 1 aromatic heterocycles. The van der Waals surface area contributed by atoms with E-state index in [1.807, 2.05) is 12.1 Å². The van der Waals surface area contributed by atoms with E-state index in [-0.39, 0.29) is 5.69 Å². The molecular formula is C19H15BrF3N3O. The Morgan fingerprint density at radius 1 is 1.19 bits per heavy atom. The van der Waals surface area contributed by atoms with Gasteiger partial charge in [0.2, 0.25) is 0 Å². The normalized spacial score (nSPS) is 13.4. The Balaban J connectivity index is 1.96. The summed E-state index contributed by atoms with van der Waals surface area (Å²) in [5.74, 6) is 1.20. The van der Waals surface area contributed by atoms with E-state index >= 15 is 0 Å². The van der Waals surface area contributed by atoms with Gasteiger partial charge in [0, 0.05) is 22.1 Å². The Labute approximate surface area is 162 Å². The number of aromatic nitrogens is 2. The highest BCUT2D eigenvalue weighted by atomic mass is 79.9. The topological polar surface area (TPSA) is 39.1 Å². The van der Waals surface area contributed by atoms with Gasteiger partial charge in [0.1, 0.15) is 17.3 Å². The Morgan fingerprint density at radius 2 is 1.96 bits per heavy atom. The third-order valence-electron chi connectivity index (χ3n) is 4.51. The molecule has 0 radical (unpaired) electrons. The van der Waals surface area contributed by atoms with Crippen molar-refractivity contribution in [2.75, 3.05) is 19.0 Å². The van der Waals surface area contributed by atoms with E-state index in [0.29, 0.717) is 30.2 Å². The van der Waals surface area contributed by atoms with Gasteiger partial charge in [0.15, 0.2) is 0 Å². The predicted molar refractivity (Wildman–Crippen MR) is 100 cm³/mol. The fourth-order valence-corrected chi connectivity index (χ4v) is 3.69. The first-order valence-corrected chi connectivity index (χ1v) is 9.05. The molecular weight excluding hydrogens is 423 g/mol. The molecule has 1 aliphatic heterocycles. The molecule has 0 bridgehead atoms. The van der Waals surface area contributed by atoms with Gasteiger partial charge in [-0.25, -0.2) is 4.68 Å². The van der Waals surface area contributed by atoms with Crippen LogP contribution in [0.25, 0.3) is 16.9 Å². The van der Waals surface area contributed by atoms with Crippen LogP contribution in [0.5, 0.6) is 5.75 Å². The maximum Gasteiger partial charge on any atom is 0.418 e. The van der Waals surface area contributed by atoms with Crippen LogP contribution in [0.2, 0.25) is 0 Å². The number of hydrogen-bond donors (Lipinski definition) is 1. The zero-order chi connectivity index (χ0) is 19.2. The van der Waals surface area contributed by atoms with Crippen LogP contribution in [0.4, 0.5) is 19.0 Å². The number of hydrogen-bond acceptors (Lipinski definition) is 3. The molecule has 140 valence electrons. The molecule has 2 aromatic carbocycles. The molecule has 2 heterocycles. The minimum absolute atomic E-state index is 0.00383. The van der Waals surface area contributed by atoms with Crippen molar-refractivity contribution in [3.8, 4) is 22.7 Å². The van der Waals surface area contributed by atoms with E-state index < -0.39 is 11.7 Å². The average Bonchev–Trinajstić information content (AvgIpc) is 3.23. The second kappa shape index (κ2) is 6.60. The number of alkyl halides is 3. The number of methoxy groups -OCH3 is 1. The molecule has 1 N–H and O–H groups in total. The van der Waals surface area contributed by atoms with Gasteiger partial charge in [-0.15, -0.1) is 0 Å². The monoisotopic (exact) mass is 437 g/mol. The molecule has 27 heavy (non-hydrogen) atoms. The summed E-state index contributed by atoms with van der Waals surface area (Å²) < 4.78 is 48.1. The lowest BCUT2D eigenvalue weighted by atomic mass is 10.1. The lowest BCUT2D eigenvalue weighted by Crippen LogP contribution is -2.13. The van der Waals surface area contributed by atoms with Gasteiger partial charge >= 0.3 is 6.18 Å². The van der Waals surface area contributed by atoms with Gasteiger partial charge in [0.05, 0.1) is 18.4 Å². The van der Waals surface area contributed by atoms with E-state index in [4.69, 9.17) is 4.74 Å². The molecule has 4 nitrogen and oxygen atoms in total. The van der Waals surface area contributed by atoms with Crippen LogP contribution < -0.4 is 10.1 Å². The summed E-state index contributed by atoms with van der Waals surface area (Å²) in [5.41, 5.74) is 1.50. The van der Waals surface area contributed by atoms with Gasteiger partial charge in [-0.2, -0.15) is 18.3 Å². The van der Waals surface area contributed by atoms with Crippen LogP contribution in [0, 0.1) is 0 Å². The lowest BCUT2D eigenvalue weighted by molar-refractivity contribution is -0.137. The summed E-state index contributed by atoms with van der Waals surface area (Å²) in [6.07, 6.45) is -3.80. The largest absolute Gasteiger partial charge is 0.496 e. The van der Waals surface area contributed by atoms with Crippen LogP contribution in [-0.2, 0) is 12.6 Å². The number of halogens is 4. The molecule has 4 rings (SSSR count). The van der Waals surface area contributed by atoms with Gasteiger partial charge in [-0.3, -0.25) is 0 Å². The molecule has 0 unspecified atom stereocenters. The van der Waals surface area contributed by atoms with Crippen molar-refractivity contribution < 1.29 is 17.9 Å². The second-order valence-electron chi connectivity index (χ2n) is 6.12. The van der Waals surface area contributed by atoms with E-state index in [1.165, 1.54) is 16.8 Å². The number of benzene rings is 2. The molecule has 0 spiro atoms. The number of anilines is 1. The van der Waals surface area contributed by atoms with Crippen molar-refractivity contribution in [1.29, 1.82) is 0 Å². The number of fused-ring (bicyclic) bond motifs is 1. The SMILES string of the molecule is COc1ccc(Br)cc1-c1nn(-c2ccccc2C(F)(F)F)c2c1CCN2. The maximum absolute atomic E-state index is 13.5. The Kier molecular flexibility index (Phi) is 4.38. The first-order valence-electron chi connectivity index (χ1n) is 8.26. The molecule has 8 heteroatoms. The van der Waals surface area contributed by atoms with Crippen molar-refractivity contribution in [2.45, 2.75) is 12.6 Å². The smallest absolute Gasteiger partial charge is 0.418 e. The highest BCUT2D eigenvalue weighted by Crippen LogP contribution is 2.41. The standard InChI is InChI=1S/C19H15BrF3N3O/c1-27-16-7-6-11(20)10-13(16)17-12-8-9-24-18(12)26(25-17)15-5-3-2-4-14(15)19(21,22)23/h2-7,10,24H,8-9H2,1H3. The van der Waals surface area contributed by atoms with Gasteiger partial charge in [-0.1, -0.05) is 28.1 Å². The molecule has 0 atom stereocenters. The molecule has 0 aliphatic carbocycles. The zero-order valence-corrected chi connectivity index (χ0v) is 15.9. The van der Waals surface area contributed by atoms with Crippen LogP contribution in [-0.4, -0.2) is 23.4 Å². The van der Waals surface area contributed by atoms with Crippen LogP contribution in [0.15, 0.2) is 46.9 Å². The zero-order valence-electron chi connectivity index (χ0n) is 14.3. The van der Waals surface area contributed by atoms with Gasteiger partial charge < -0.3 is 10.1 Å². The second-order valence-corrected chi connectivity index (χ2v) is 7.04. The molecule has 0 saturated heterocycles. The highest BCUT2D eigenvalue weighted by molar-refractivity contribution is 9.10. The van der Waals surface area contributed by atoms with E-state index in [9.17, 15) is 13.2 Å². The van der Waals surface area contributed by atoms with E-state index in [2.05, 4.69) is 26.3 Å². The molecule has 1 aliphatic rings. The quantitative estimate of drug-likeness (QED) is 0.604. The summed E-state index contributed by atoms with van der Waals surface area (Å²) in [4.78, 5) is 0. The number of ether oxygens (including phenoxy) is 1. The minimum atomic E-state index is -4.47. The van der Waals surface area contributed by atoms with Crippen molar-refractivity contribution in [3.05, 3.63) is 58.1 Å². The summed E-state index contributed by atoms with van der Waals surface area (Å²) in [5, 5.41) is 7.72. The molecule has 0 saturated carbocycles. The number of nitrogens with zero attached hydrogens (tertiary/aromatic N) is 2. The number of rotatable bonds is 3. The molecule has 0 amide bonds. The van der Waals surface area contributed by atoms with Crippen LogP contribution >= 0.6 is 15.9 Å². The van der Waals surface area contributed by atoms with Crippen LogP contribution in [0.1, 0.15) is 11.1 Å². The fourth-order valence-electron chi connectivity index (χ4n) is 3.33. The van der Waals surface area contributed by atoms with Crippen molar-refractivity contribution in [1.82, 2.24) is 9.78 Å². The van der Waals surface area contributed by atoms with Crippen molar-refractivity contribution >= 4 is 21.7 Å². The highest BCUT2D eigenvalue weighted by Gasteiger charge is 2.35. The third-order valence-corrected chi connectivity index (χ3v) is 5.00. The Bertz CT molecular complexity index is 1010. The molecule has 0 fully saturated rings. The summed E-state index contributed by atoms with van der Waals surface area (Å²) in [6, 6.07) is 11.0. The number of para-hydroxylation sites is 1. The van der Waals surface area contributed by atoms with Gasteiger partial charge in [-0.05, 0) is 36.8 Å². The maximum atomic E-state index is 13.5. The predicted octanol–water partition coefficient (Wildman–Crippen LogP) is 5.30. The molecule has 3 aromatic rings. The Morgan fingerprint density at radius 3 is 2.70 bits per heavy atom. The average molecular weight is 438 g/mol. The van der Waals surface area contributed by atoms with Crippen LogP contribution in [0.3, 0.4) is 0 Å². The van der Waals surface area contributed by atoms with Gasteiger partial charge in [0.25, 0.3) is 0 Å². The van der Waals surface area contributed by atoms with Crippen molar-refractivity contribution in [2.24, 2.45) is 0 Å². The number of nitrogens with one attached hydrogen (secondary N) is 1.